The molecule has 0 aliphatic heterocycles. The van der Waals surface area contributed by atoms with Gasteiger partial charge in [0.15, 0.2) is 5.16 Å². The molecule has 0 saturated heterocycles. The molecular formula is C14H17N3S. The third kappa shape index (κ3) is 3.82. The minimum Gasteiger partial charge on any atom is -0.327 e. The van der Waals surface area contributed by atoms with E-state index in [-0.39, 0.29) is 6.04 Å². The molecule has 0 saturated carbocycles. The highest BCUT2D eigenvalue weighted by molar-refractivity contribution is 7.99. The van der Waals surface area contributed by atoms with Gasteiger partial charge in [-0.25, -0.2) is 9.97 Å². The van der Waals surface area contributed by atoms with Crippen molar-refractivity contribution in [3.05, 3.63) is 48.3 Å². The first kappa shape index (κ1) is 13.1. The van der Waals surface area contributed by atoms with Crippen LogP contribution in [0.5, 0.6) is 0 Å². The average Bonchev–Trinajstić information content (AvgIpc) is 2.42. The highest BCUT2D eigenvalue weighted by Crippen LogP contribution is 2.24. The minimum absolute atomic E-state index is 0.251. The van der Waals surface area contributed by atoms with E-state index >= 15 is 0 Å². The summed E-state index contributed by atoms with van der Waals surface area (Å²) >= 11 is 1.57. The van der Waals surface area contributed by atoms with E-state index in [0.29, 0.717) is 0 Å². The Balaban J connectivity index is 2.00. The lowest BCUT2D eigenvalue weighted by Crippen LogP contribution is -2.21. The van der Waals surface area contributed by atoms with E-state index < -0.39 is 0 Å². The van der Waals surface area contributed by atoms with Gasteiger partial charge in [0.25, 0.3) is 0 Å². The molecule has 0 radical (unpaired) electrons. The van der Waals surface area contributed by atoms with Crippen molar-refractivity contribution in [2.45, 2.75) is 35.9 Å². The van der Waals surface area contributed by atoms with E-state index in [2.05, 4.69) is 41.2 Å². The molecule has 0 aliphatic rings. The Morgan fingerprint density at radius 3 is 2.44 bits per heavy atom. The summed E-state index contributed by atoms with van der Waals surface area (Å²) in [5.41, 5.74) is 7.22. The molecule has 1 atom stereocenters. The fourth-order valence-electron chi connectivity index (χ4n) is 1.58. The molecule has 4 heteroatoms. The Morgan fingerprint density at radius 1 is 1.17 bits per heavy atom. The molecule has 0 fully saturated rings. The van der Waals surface area contributed by atoms with Gasteiger partial charge in [-0.15, -0.1) is 0 Å². The molecule has 94 valence electrons. The predicted octanol–water partition coefficient (Wildman–Crippen LogP) is 2.91. The second kappa shape index (κ2) is 6.52. The van der Waals surface area contributed by atoms with Gasteiger partial charge in [0.05, 0.1) is 0 Å². The smallest absolute Gasteiger partial charge is 0.192 e. The number of aromatic nitrogens is 2. The van der Waals surface area contributed by atoms with Crippen molar-refractivity contribution in [1.29, 1.82) is 0 Å². The van der Waals surface area contributed by atoms with Crippen LogP contribution in [0.3, 0.4) is 0 Å². The lowest BCUT2D eigenvalue weighted by atomic mass is 10.1. The van der Waals surface area contributed by atoms with Gasteiger partial charge in [0.1, 0.15) is 0 Å². The summed E-state index contributed by atoms with van der Waals surface area (Å²) < 4.78 is 0. The number of nitrogens with zero attached hydrogens (tertiary/aromatic N) is 2. The Bertz CT molecular complexity index is 470. The molecule has 0 aliphatic carbocycles. The standard InChI is InChI=1S/C14H17N3S/c1-2-12(15)10-11-4-6-13(7-5-11)18-14-16-8-3-9-17-14/h3-9,12H,2,10,15H2,1H3. The molecule has 1 unspecified atom stereocenters. The first-order valence-electron chi connectivity index (χ1n) is 6.07. The fourth-order valence-corrected chi connectivity index (χ4v) is 2.29. The van der Waals surface area contributed by atoms with Crippen molar-refractivity contribution in [2.75, 3.05) is 0 Å². The zero-order chi connectivity index (χ0) is 12.8. The van der Waals surface area contributed by atoms with E-state index in [0.717, 1.165) is 22.9 Å². The van der Waals surface area contributed by atoms with Crippen LogP contribution in [0.15, 0.2) is 52.8 Å². The zero-order valence-corrected chi connectivity index (χ0v) is 11.2. The maximum Gasteiger partial charge on any atom is 0.192 e. The maximum atomic E-state index is 5.94. The third-order valence-electron chi connectivity index (χ3n) is 2.70. The van der Waals surface area contributed by atoms with Crippen LogP contribution in [-0.4, -0.2) is 16.0 Å². The van der Waals surface area contributed by atoms with Crippen molar-refractivity contribution >= 4 is 11.8 Å². The van der Waals surface area contributed by atoms with Crippen LogP contribution in [0, 0.1) is 0 Å². The lowest BCUT2D eigenvalue weighted by Gasteiger charge is -2.08. The molecule has 2 N–H and O–H groups in total. The predicted molar refractivity (Wildman–Crippen MR) is 74.6 cm³/mol. The SMILES string of the molecule is CCC(N)Cc1ccc(Sc2ncccn2)cc1. The van der Waals surface area contributed by atoms with Crippen molar-refractivity contribution in [3.8, 4) is 0 Å². The quantitative estimate of drug-likeness (QED) is 0.839. The Morgan fingerprint density at radius 2 is 1.83 bits per heavy atom. The summed E-state index contributed by atoms with van der Waals surface area (Å²) in [6.45, 7) is 2.11. The molecule has 0 amide bonds. The van der Waals surface area contributed by atoms with Crippen molar-refractivity contribution in [1.82, 2.24) is 9.97 Å². The number of benzene rings is 1. The van der Waals surface area contributed by atoms with Gasteiger partial charge in [0.2, 0.25) is 0 Å². The average molecular weight is 259 g/mol. The van der Waals surface area contributed by atoms with Crippen molar-refractivity contribution in [3.63, 3.8) is 0 Å². The van der Waals surface area contributed by atoms with E-state index in [1.807, 2.05) is 6.07 Å². The molecule has 1 aromatic carbocycles. The number of hydrogen-bond acceptors (Lipinski definition) is 4. The molecule has 1 aromatic heterocycles. The van der Waals surface area contributed by atoms with Crippen LogP contribution < -0.4 is 5.73 Å². The monoisotopic (exact) mass is 259 g/mol. The van der Waals surface area contributed by atoms with Crippen LogP contribution in [-0.2, 0) is 6.42 Å². The molecule has 2 aromatic rings. The van der Waals surface area contributed by atoms with Gasteiger partial charge >= 0.3 is 0 Å². The zero-order valence-electron chi connectivity index (χ0n) is 10.4. The summed E-state index contributed by atoms with van der Waals surface area (Å²) in [6, 6.07) is 10.5. The summed E-state index contributed by atoms with van der Waals surface area (Å²) in [7, 11) is 0. The maximum absolute atomic E-state index is 5.94. The second-order valence-electron chi connectivity index (χ2n) is 4.15. The largest absolute Gasteiger partial charge is 0.327 e. The fraction of sp³-hybridized carbons (Fsp3) is 0.286. The first-order chi connectivity index (χ1) is 8.78. The minimum atomic E-state index is 0.251. The Hall–Kier alpha value is -1.39. The molecule has 0 bridgehead atoms. The van der Waals surface area contributed by atoms with Gasteiger partial charge < -0.3 is 5.73 Å². The van der Waals surface area contributed by atoms with Crippen LogP contribution >= 0.6 is 11.8 Å². The molecule has 1 heterocycles. The van der Waals surface area contributed by atoms with Gasteiger partial charge in [-0.05, 0) is 48.4 Å². The molecule has 18 heavy (non-hydrogen) atoms. The molecule has 2 rings (SSSR count). The van der Waals surface area contributed by atoms with Crippen molar-refractivity contribution < 1.29 is 0 Å². The second-order valence-corrected chi connectivity index (χ2v) is 5.19. The molecular weight excluding hydrogens is 242 g/mol. The van der Waals surface area contributed by atoms with Gasteiger partial charge in [-0.3, -0.25) is 0 Å². The van der Waals surface area contributed by atoms with E-state index in [9.17, 15) is 0 Å². The van der Waals surface area contributed by atoms with Crippen molar-refractivity contribution in [2.24, 2.45) is 5.73 Å². The summed E-state index contributed by atoms with van der Waals surface area (Å²) in [5.74, 6) is 0. The van der Waals surface area contributed by atoms with Gasteiger partial charge in [-0.2, -0.15) is 0 Å². The summed E-state index contributed by atoms with van der Waals surface area (Å²) in [5, 5.41) is 0.774. The highest BCUT2D eigenvalue weighted by atomic mass is 32.2. The van der Waals surface area contributed by atoms with E-state index in [4.69, 9.17) is 5.73 Å². The summed E-state index contributed by atoms with van der Waals surface area (Å²) in [6.07, 6.45) is 5.45. The van der Waals surface area contributed by atoms with Gasteiger partial charge in [-0.1, -0.05) is 19.1 Å². The van der Waals surface area contributed by atoms with Crippen LogP contribution in [0.1, 0.15) is 18.9 Å². The first-order valence-corrected chi connectivity index (χ1v) is 6.89. The van der Waals surface area contributed by atoms with Crippen LogP contribution in [0.4, 0.5) is 0 Å². The normalized spacial score (nSPS) is 12.3. The number of rotatable bonds is 5. The van der Waals surface area contributed by atoms with E-state index in [1.165, 1.54) is 5.56 Å². The Kier molecular flexibility index (Phi) is 4.73. The molecule has 0 spiro atoms. The number of hydrogen-bond donors (Lipinski definition) is 1. The van der Waals surface area contributed by atoms with Crippen LogP contribution in [0.2, 0.25) is 0 Å². The Labute approximate surface area is 112 Å². The topological polar surface area (TPSA) is 51.8 Å². The highest BCUT2D eigenvalue weighted by Gasteiger charge is 2.03. The van der Waals surface area contributed by atoms with Gasteiger partial charge in [0, 0.05) is 23.3 Å². The van der Waals surface area contributed by atoms with E-state index in [1.54, 1.807) is 24.2 Å². The lowest BCUT2D eigenvalue weighted by molar-refractivity contribution is 0.646. The number of nitrogens with two attached hydrogens (primary N) is 1. The third-order valence-corrected chi connectivity index (χ3v) is 3.60. The van der Waals surface area contributed by atoms with Crippen LogP contribution in [0.25, 0.3) is 0 Å². The molecule has 3 nitrogen and oxygen atoms in total. The summed E-state index contributed by atoms with van der Waals surface area (Å²) in [4.78, 5) is 9.53.